The minimum Gasteiger partial charge on any atom is -0.481 e. The van der Waals surface area contributed by atoms with Crippen molar-refractivity contribution in [2.24, 2.45) is 5.41 Å². The molecular formula is C22H22N2O7S2. The van der Waals surface area contributed by atoms with Crippen LogP contribution in [-0.2, 0) is 25.5 Å². The van der Waals surface area contributed by atoms with Gasteiger partial charge in [-0.25, -0.2) is 0 Å². The van der Waals surface area contributed by atoms with E-state index in [-0.39, 0.29) is 29.6 Å². The number of thioether (sulfide) groups is 2. The highest BCUT2D eigenvalue weighted by Gasteiger charge is 2.67. The molecule has 2 aliphatic rings. The Bertz CT molecular complexity index is 1060. The average Bonchev–Trinajstić information content (AvgIpc) is 3.34. The van der Waals surface area contributed by atoms with Gasteiger partial charge in [-0.2, -0.15) is 0 Å². The molecule has 0 bridgehead atoms. The van der Waals surface area contributed by atoms with Crippen molar-refractivity contribution in [2.45, 2.75) is 17.5 Å². The van der Waals surface area contributed by atoms with Gasteiger partial charge in [-0.1, -0.05) is 42.1 Å². The molecule has 0 aliphatic carbocycles. The van der Waals surface area contributed by atoms with E-state index in [9.17, 15) is 24.3 Å². The number of amides is 2. The highest BCUT2D eigenvalue weighted by Crippen LogP contribution is 2.48. The molecule has 3 heterocycles. The Hall–Kier alpha value is -2.76. The number of carboxylic acid groups (broad SMARTS) is 1. The van der Waals surface area contributed by atoms with Gasteiger partial charge in [-0.05, 0) is 12.1 Å². The molecule has 1 aromatic heterocycles. The predicted octanol–water partition coefficient (Wildman–Crippen LogP) is 1.84. The van der Waals surface area contributed by atoms with Crippen molar-refractivity contribution in [1.29, 1.82) is 0 Å². The number of hydrogen-bond acceptors (Lipinski definition) is 8. The largest absolute Gasteiger partial charge is 0.481 e. The lowest BCUT2D eigenvalue weighted by Gasteiger charge is -2.58. The van der Waals surface area contributed by atoms with Gasteiger partial charge in [-0.15, -0.1) is 11.8 Å². The molecule has 4 rings (SSSR count). The van der Waals surface area contributed by atoms with E-state index in [2.05, 4.69) is 5.32 Å². The first-order valence-corrected chi connectivity index (χ1v) is 12.1. The van der Waals surface area contributed by atoms with Crippen LogP contribution >= 0.6 is 23.5 Å². The lowest BCUT2D eigenvalue weighted by molar-refractivity contribution is -0.200. The molecule has 9 nitrogen and oxygen atoms in total. The van der Waals surface area contributed by atoms with Crippen molar-refractivity contribution in [2.75, 3.05) is 25.2 Å². The number of β-lactam (4-membered cyclic amide) rings is 1. The van der Waals surface area contributed by atoms with E-state index in [1.54, 1.807) is 42.5 Å². The Morgan fingerprint density at radius 2 is 2.03 bits per heavy atom. The maximum absolute atomic E-state index is 13.0. The molecule has 2 N–H and O–H groups in total. The average molecular weight is 491 g/mol. The first-order valence-electron chi connectivity index (χ1n) is 10.1. The molecular weight excluding hydrogens is 468 g/mol. The predicted molar refractivity (Wildman–Crippen MR) is 122 cm³/mol. The van der Waals surface area contributed by atoms with Crippen molar-refractivity contribution in [3.8, 4) is 0 Å². The monoisotopic (exact) mass is 490 g/mol. The molecule has 33 heavy (non-hydrogen) atoms. The Morgan fingerprint density at radius 3 is 2.67 bits per heavy atom. The molecule has 0 saturated carbocycles. The number of aliphatic carboxylic acids is 1. The van der Waals surface area contributed by atoms with Crippen LogP contribution in [0, 0.1) is 5.41 Å². The molecule has 2 saturated heterocycles. The SMILES string of the molecule is COC1(NC(=O)Cc2ccco2)C(=O)N2CC(CSC(=O)c3ccccc3)(C(=O)O)CS[C@@H]21. The maximum Gasteiger partial charge on any atom is 0.313 e. The second-order valence-corrected chi connectivity index (χ2v) is 9.88. The zero-order chi connectivity index (χ0) is 23.6. The summed E-state index contributed by atoms with van der Waals surface area (Å²) >= 11 is 2.15. The number of nitrogens with one attached hydrogen (secondary N) is 1. The van der Waals surface area contributed by atoms with Gasteiger partial charge in [-0.3, -0.25) is 19.2 Å². The first-order chi connectivity index (χ1) is 15.8. The summed E-state index contributed by atoms with van der Waals surface area (Å²) in [5.41, 5.74) is -2.38. The number of methoxy groups -OCH3 is 1. The standard InChI is InChI=1S/C22H22N2O7S2/c1-30-22(23-16(25)10-15-8-5-9-31-15)18(27)24-11-21(20(28)29,13-33-19(22)24)12-32-17(26)14-6-3-2-4-7-14/h2-9,19H,10-13H2,1H3,(H,23,25)(H,28,29)/t19-,21?,22?/m1/s1. The van der Waals surface area contributed by atoms with Gasteiger partial charge in [0.1, 0.15) is 16.5 Å². The zero-order valence-corrected chi connectivity index (χ0v) is 19.3. The molecule has 2 aromatic rings. The van der Waals surface area contributed by atoms with Crippen LogP contribution in [0.15, 0.2) is 53.1 Å². The molecule has 174 valence electrons. The van der Waals surface area contributed by atoms with Crippen LogP contribution in [0.2, 0.25) is 0 Å². The minimum absolute atomic E-state index is 0.0182. The van der Waals surface area contributed by atoms with Gasteiger partial charge in [0.25, 0.3) is 11.6 Å². The fourth-order valence-corrected chi connectivity index (χ4v) is 6.66. The number of furan rings is 1. The first kappa shape index (κ1) is 23.4. The van der Waals surface area contributed by atoms with Gasteiger partial charge in [0, 0.05) is 30.7 Å². The molecule has 2 amide bonds. The minimum atomic E-state index is -1.56. The highest BCUT2D eigenvalue weighted by molar-refractivity contribution is 8.14. The van der Waals surface area contributed by atoms with Gasteiger partial charge >= 0.3 is 5.97 Å². The van der Waals surface area contributed by atoms with E-state index in [1.807, 2.05) is 0 Å². The van der Waals surface area contributed by atoms with Crippen LogP contribution in [0.5, 0.6) is 0 Å². The van der Waals surface area contributed by atoms with Crippen molar-refractivity contribution < 1.29 is 33.4 Å². The van der Waals surface area contributed by atoms with Gasteiger partial charge in [0.2, 0.25) is 11.0 Å². The number of fused-ring (bicyclic) bond motifs is 1. The summed E-state index contributed by atoms with van der Waals surface area (Å²) in [6.07, 6.45) is 1.40. The van der Waals surface area contributed by atoms with Crippen molar-refractivity contribution in [3.63, 3.8) is 0 Å². The summed E-state index contributed by atoms with van der Waals surface area (Å²) in [4.78, 5) is 51.6. The van der Waals surface area contributed by atoms with Crippen molar-refractivity contribution in [1.82, 2.24) is 10.2 Å². The maximum atomic E-state index is 13.0. The van der Waals surface area contributed by atoms with Crippen LogP contribution in [0.1, 0.15) is 16.1 Å². The summed E-state index contributed by atoms with van der Waals surface area (Å²) in [6, 6.07) is 11.9. The third kappa shape index (κ3) is 4.28. The summed E-state index contributed by atoms with van der Waals surface area (Å²) in [5.74, 6) is -1.41. The number of hydrogen-bond donors (Lipinski definition) is 2. The Morgan fingerprint density at radius 1 is 1.27 bits per heavy atom. The molecule has 2 fully saturated rings. The molecule has 1 aromatic carbocycles. The number of rotatable bonds is 8. The van der Waals surface area contributed by atoms with Crippen LogP contribution in [0.3, 0.4) is 0 Å². The molecule has 0 radical (unpaired) electrons. The molecule has 0 spiro atoms. The number of carboxylic acids is 1. The molecule has 2 unspecified atom stereocenters. The number of nitrogens with zero attached hydrogens (tertiary/aromatic N) is 1. The lowest BCUT2D eigenvalue weighted by atomic mass is 9.88. The Labute approximate surface area is 198 Å². The second-order valence-electron chi connectivity index (χ2n) is 7.87. The Balaban J connectivity index is 1.44. The summed E-state index contributed by atoms with van der Waals surface area (Å²) < 4.78 is 10.6. The van der Waals surface area contributed by atoms with E-state index in [0.717, 1.165) is 11.8 Å². The Kier molecular flexibility index (Phi) is 6.55. The lowest BCUT2D eigenvalue weighted by Crippen LogP contribution is -2.82. The van der Waals surface area contributed by atoms with Gasteiger partial charge in [0.15, 0.2) is 0 Å². The summed E-state index contributed by atoms with van der Waals surface area (Å²) in [5, 5.41) is 11.8. The third-order valence-electron chi connectivity index (χ3n) is 5.70. The molecule has 11 heteroatoms. The fraction of sp³-hybridized carbons (Fsp3) is 0.364. The van der Waals surface area contributed by atoms with Crippen LogP contribution < -0.4 is 5.32 Å². The van der Waals surface area contributed by atoms with Crippen LogP contribution in [-0.4, -0.2) is 69.2 Å². The van der Waals surface area contributed by atoms with Crippen molar-refractivity contribution >= 4 is 46.4 Å². The van der Waals surface area contributed by atoms with Gasteiger partial charge < -0.3 is 24.5 Å². The van der Waals surface area contributed by atoms with E-state index in [4.69, 9.17) is 9.15 Å². The number of benzene rings is 1. The van der Waals surface area contributed by atoms with Crippen molar-refractivity contribution in [3.05, 3.63) is 60.1 Å². The normalized spacial score (nSPS) is 26.3. The van der Waals surface area contributed by atoms with Crippen LogP contribution in [0.25, 0.3) is 0 Å². The number of carbonyl (C=O) groups excluding carboxylic acids is 3. The summed E-state index contributed by atoms with van der Waals surface area (Å²) in [7, 11) is 1.33. The fourth-order valence-electron chi connectivity index (χ4n) is 3.87. The smallest absolute Gasteiger partial charge is 0.313 e. The van der Waals surface area contributed by atoms with E-state index in [1.165, 1.54) is 30.0 Å². The quantitative estimate of drug-likeness (QED) is 0.421. The highest BCUT2D eigenvalue weighted by atomic mass is 32.2. The number of ether oxygens (including phenoxy) is 1. The van der Waals surface area contributed by atoms with Gasteiger partial charge in [0.05, 0.1) is 12.7 Å². The topological polar surface area (TPSA) is 126 Å². The third-order valence-corrected chi connectivity index (χ3v) is 8.52. The number of carbonyl (C=O) groups is 4. The zero-order valence-electron chi connectivity index (χ0n) is 17.7. The molecule has 2 aliphatic heterocycles. The summed E-state index contributed by atoms with van der Waals surface area (Å²) in [6.45, 7) is -0.0763. The van der Waals surface area contributed by atoms with E-state index < -0.39 is 34.3 Å². The van der Waals surface area contributed by atoms with E-state index >= 15 is 0 Å². The van der Waals surface area contributed by atoms with Crippen LogP contribution in [0.4, 0.5) is 0 Å². The second kappa shape index (κ2) is 9.24. The van der Waals surface area contributed by atoms with E-state index in [0.29, 0.717) is 11.3 Å². The molecule has 3 atom stereocenters.